The highest BCUT2D eigenvalue weighted by molar-refractivity contribution is 6.01. The van der Waals surface area contributed by atoms with Crippen LogP contribution in [0.3, 0.4) is 0 Å². The van der Waals surface area contributed by atoms with Gasteiger partial charge in [-0.15, -0.1) is 0 Å². The number of rotatable bonds is 2. The number of nitrogens with one attached hydrogen (secondary N) is 3. The second-order valence-corrected chi connectivity index (χ2v) is 8.03. The van der Waals surface area contributed by atoms with Crippen LogP contribution < -0.4 is 10.6 Å². The van der Waals surface area contributed by atoms with Crippen molar-refractivity contribution in [2.24, 2.45) is 0 Å². The highest BCUT2D eigenvalue weighted by Crippen LogP contribution is 2.35. The van der Waals surface area contributed by atoms with Gasteiger partial charge >= 0.3 is 0 Å². The number of anilines is 1. The highest BCUT2D eigenvalue weighted by Gasteiger charge is 2.29. The number of H-pyrrole nitrogens is 1. The van der Waals surface area contributed by atoms with Crippen molar-refractivity contribution in [3.63, 3.8) is 0 Å². The van der Waals surface area contributed by atoms with Crippen LogP contribution in [0.2, 0.25) is 0 Å². The Morgan fingerprint density at radius 3 is 2.63 bits per heavy atom. The summed E-state index contributed by atoms with van der Waals surface area (Å²) in [6.45, 7) is 9.84. The fourth-order valence-electron chi connectivity index (χ4n) is 3.40. The third-order valence-electron chi connectivity index (χ3n) is 4.60. The normalized spacial score (nSPS) is 16.5. The van der Waals surface area contributed by atoms with Gasteiger partial charge in [-0.3, -0.25) is 4.79 Å². The van der Waals surface area contributed by atoms with E-state index in [1.54, 1.807) is 12.1 Å². The molecule has 1 aromatic carbocycles. The van der Waals surface area contributed by atoms with Crippen molar-refractivity contribution in [2.45, 2.75) is 46.2 Å². The molecule has 3 N–H and O–H groups in total. The molecule has 6 nitrogen and oxygen atoms in total. The molecule has 1 atom stereocenters. The molecule has 1 unspecified atom stereocenters. The Hall–Kier alpha value is -2.96. The van der Waals surface area contributed by atoms with E-state index < -0.39 is 5.82 Å². The lowest BCUT2D eigenvalue weighted by Crippen LogP contribution is -2.27. The topological polar surface area (TPSA) is 82.7 Å². The number of aromatic amines is 1. The van der Waals surface area contributed by atoms with Crippen LogP contribution in [0.15, 0.2) is 18.2 Å². The molecule has 0 bridgehead atoms. The fraction of sp³-hybridized carbons (Fsp3) is 0.350. The average molecular weight is 367 g/mol. The first-order valence-corrected chi connectivity index (χ1v) is 8.93. The zero-order valence-electron chi connectivity index (χ0n) is 16.0. The molecule has 3 aromatic rings. The summed E-state index contributed by atoms with van der Waals surface area (Å²) >= 11 is 0. The Bertz CT molecular complexity index is 1080. The lowest BCUT2D eigenvalue weighted by Gasteiger charge is -2.22. The number of nitrogens with zero attached hydrogens (tertiary/aromatic N) is 2. The van der Waals surface area contributed by atoms with Crippen LogP contribution in [-0.4, -0.2) is 26.4 Å². The number of aryl methyl sites for hydroxylation is 1. The minimum absolute atomic E-state index is 0.134. The zero-order chi connectivity index (χ0) is 19.5. The second kappa shape index (κ2) is 5.77. The molecule has 0 spiro atoms. The van der Waals surface area contributed by atoms with Crippen LogP contribution in [-0.2, 0) is 0 Å². The first-order chi connectivity index (χ1) is 12.6. The van der Waals surface area contributed by atoms with Crippen molar-refractivity contribution in [3.8, 4) is 11.3 Å². The minimum atomic E-state index is -0.407. The Morgan fingerprint density at radius 2 is 1.96 bits per heavy atom. The molecule has 140 valence electrons. The monoisotopic (exact) mass is 367 g/mol. The van der Waals surface area contributed by atoms with Crippen molar-refractivity contribution < 1.29 is 9.18 Å². The first kappa shape index (κ1) is 17.5. The van der Waals surface area contributed by atoms with Gasteiger partial charge in [0.1, 0.15) is 17.2 Å². The smallest absolute Gasteiger partial charge is 0.253 e. The van der Waals surface area contributed by atoms with Crippen LogP contribution in [0.5, 0.6) is 0 Å². The maximum absolute atomic E-state index is 14.8. The summed E-state index contributed by atoms with van der Waals surface area (Å²) in [5, 5.41) is 6.16. The Balaban J connectivity index is 1.94. The maximum atomic E-state index is 14.8. The number of carbonyl (C=O) groups is 1. The lowest BCUT2D eigenvalue weighted by molar-refractivity contribution is 0.0958. The van der Waals surface area contributed by atoms with E-state index in [9.17, 15) is 9.18 Å². The molecule has 0 aliphatic carbocycles. The molecule has 0 radical (unpaired) electrons. The van der Waals surface area contributed by atoms with E-state index in [0.717, 1.165) is 11.4 Å². The number of aromatic nitrogens is 3. The van der Waals surface area contributed by atoms with E-state index in [1.807, 2.05) is 34.6 Å². The predicted octanol–water partition coefficient (Wildman–Crippen LogP) is 4.09. The highest BCUT2D eigenvalue weighted by atomic mass is 19.1. The molecule has 1 aliphatic heterocycles. The summed E-state index contributed by atoms with van der Waals surface area (Å²) in [5.41, 5.74) is 3.77. The van der Waals surface area contributed by atoms with Gasteiger partial charge in [0.25, 0.3) is 5.91 Å². The van der Waals surface area contributed by atoms with Crippen molar-refractivity contribution in [3.05, 3.63) is 41.0 Å². The van der Waals surface area contributed by atoms with Gasteiger partial charge in [-0.25, -0.2) is 14.4 Å². The summed E-state index contributed by atoms with van der Waals surface area (Å²) in [4.78, 5) is 24.5. The Kier molecular flexibility index (Phi) is 3.73. The maximum Gasteiger partial charge on any atom is 0.253 e. The third-order valence-corrected chi connectivity index (χ3v) is 4.60. The van der Waals surface area contributed by atoms with Crippen molar-refractivity contribution in [1.82, 2.24) is 20.3 Å². The van der Waals surface area contributed by atoms with Crippen LogP contribution in [0.25, 0.3) is 22.3 Å². The first-order valence-electron chi connectivity index (χ1n) is 8.93. The van der Waals surface area contributed by atoms with Gasteiger partial charge in [0.2, 0.25) is 0 Å². The van der Waals surface area contributed by atoms with E-state index in [2.05, 4.69) is 25.6 Å². The van der Waals surface area contributed by atoms with E-state index in [0.29, 0.717) is 33.7 Å². The van der Waals surface area contributed by atoms with Gasteiger partial charge in [-0.1, -0.05) is 0 Å². The lowest BCUT2D eigenvalue weighted by atomic mass is 10.1. The third kappa shape index (κ3) is 2.93. The number of benzene rings is 1. The van der Waals surface area contributed by atoms with E-state index >= 15 is 0 Å². The van der Waals surface area contributed by atoms with Crippen molar-refractivity contribution in [1.29, 1.82) is 0 Å². The molecule has 0 saturated carbocycles. The van der Waals surface area contributed by atoms with Crippen LogP contribution in [0.4, 0.5) is 10.2 Å². The Morgan fingerprint density at radius 1 is 1.22 bits per heavy atom. The van der Waals surface area contributed by atoms with Gasteiger partial charge < -0.3 is 15.6 Å². The number of hydrogen-bond donors (Lipinski definition) is 3. The SMILES string of the molecule is Cc1nc2ccc(F)c(-c3cc4c([nH]3)C(C)NC4=O)c2nc1NC(C)(C)C. The average Bonchev–Trinajstić information content (AvgIpc) is 3.09. The second-order valence-electron chi connectivity index (χ2n) is 8.03. The molecule has 0 fully saturated rings. The number of amides is 1. The van der Waals surface area contributed by atoms with Crippen molar-refractivity contribution >= 4 is 22.8 Å². The van der Waals surface area contributed by atoms with Gasteiger partial charge in [0.05, 0.1) is 39.8 Å². The fourth-order valence-corrected chi connectivity index (χ4v) is 3.40. The van der Waals surface area contributed by atoms with Gasteiger partial charge in [-0.2, -0.15) is 0 Å². The number of halogens is 1. The molecular weight excluding hydrogens is 345 g/mol. The Labute approximate surface area is 156 Å². The van der Waals surface area contributed by atoms with Gasteiger partial charge in [-0.05, 0) is 52.8 Å². The summed E-state index contributed by atoms with van der Waals surface area (Å²) < 4.78 is 14.8. The quantitative estimate of drug-likeness (QED) is 0.637. The predicted molar refractivity (Wildman–Crippen MR) is 103 cm³/mol. The summed E-state index contributed by atoms with van der Waals surface area (Å²) in [6.07, 6.45) is 0. The van der Waals surface area contributed by atoms with Crippen LogP contribution in [0, 0.1) is 12.7 Å². The summed E-state index contributed by atoms with van der Waals surface area (Å²) in [6, 6.07) is 4.56. The summed E-state index contributed by atoms with van der Waals surface area (Å²) in [5.74, 6) is 0.0556. The molecule has 3 heterocycles. The number of hydrogen-bond acceptors (Lipinski definition) is 4. The summed E-state index contributed by atoms with van der Waals surface area (Å²) in [7, 11) is 0. The molecular formula is C20H22FN5O. The molecule has 7 heteroatoms. The minimum Gasteiger partial charge on any atom is -0.364 e. The van der Waals surface area contributed by atoms with Gasteiger partial charge in [0, 0.05) is 5.54 Å². The molecule has 1 amide bonds. The van der Waals surface area contributed by atoms with Gasteiger partial charge in [0.15, 0.2) is 0 Å². The molecule has 0 saturated heterocycles. The number of carbonyl (C=O) groups excluding carboxylic acids is 1. The zero-order valence-corrected chi connectivity index (χ0v) is 16.0. The van der Waals surface area contributed by atoms with Crippen molar-refractivity contribution in [2.75, 3.05) is 5.32 Å². The molecule has 27 heavy (non-hydrogen) atoms. The van der Waals surface area contributed by atoms with Crippen LogP contribution in [0.1, 0.15) is 55.5 Å². The molecule has 1 aliphatic rings. The van der Waals surface area contributed by atoms with Crippen LogP contribution >= 0.6 is 0 Å². The number of fused-ring (bicyclic) bond motifs is 2. The standard InChI is InChI=1S/C20H22FN5O/c1-9-16-11(19(27)23-9)8-14(24-16)15-12(21)6-7-13-17(15)25-18(10(2)22-13)26-20(3,4)5/h6-9,24H,1-5H3,(H,23,27)(H,25,26). The van der Waals surface area contributed by atoms with E-state index in [-0.39, 0.29) is 17.5 Å². The van der Waals surface area contributed by atoms with E-state index in [4.69, 9.17) is 0 Å². The van der Waals surface area contributed by atoms with E-state index in [1.165, 1.54) is 6.07 Å². The molecule has 2 aromatic heterocycles. The molecule has 4 rings (SSSR count). The largest absolute Gasteiger partial charge is 0.364 e.